The fraction of sp³-hybridized carbons (Fsp3) is 0.286. The monoisotopic (exact) mass is 367 g/mol. The number of esters is 2. The van der Waals surface area contributed by atoms with E-state index in [0.717, 1.165) is 24.1 Å². The highest BCUT2D eigenvalue weighted by Gasteiger charge is 2.28. The van der Waals surface area contributed by atoms with Crippen LogP contribution >= 0.6 is 0 Å². The van der Waals surface area contributed by atoms with E-state index in [4.69, 9.17) is 4.74 Å². The number of anilines is 1. The molecule has 1 unspecified atom stereocenters. The Kier molecular flexibility index (Phi) is 5.54. The number of methoxy groups -OCH3 is 1. The summed E-state index contributed by atoms with van der Waals surface area (Å²) < 4.78 is 9.97. The zero-order chi connectivity index (χ0) is 19.4. The maximum atomic E-state index is 12.8. The number of carbonyl (C=O) groups is 3. The van der Waals surface area contributed by atoms with Gasteiger partial charge in [-0.3, -0.25) is 4.79 Å². The molecule has 6 nitrogen and oxygen atoms in total. The largest absolute Gasteiger partial charge is 0.465 e. The van der Waals surface area contributed by atoms with E-state index in [2.05, 4.69) is 4.74 Å². The third kappa shape index (κ3) is 4.00. The Balaban J connectivity index is 1.68. The number of nitrogens with zero attached hydrogens (tertiary/aromatic N) is 1. The number of para-hydroxylation sites is 1. The van der Waals surface area contributed by atoms with Gasteiger partial charge in [0.2, 0.25) is 0 Å². The molecule has 27 heavy (non-hydrogen) atoms. The lowest BCUT2D eigenvalue weighted by Gasteiger charge is -2.31. The van der Waals surface area contributed by atoms with Crippen LogP contribution < -0.4 is 4.90 Å². The molecule has 2 aromatic rings. The zero-order valence-corrected chi connectivity index (χ0v) is 15.3. The van der Waals surface area contributed by atoms with Gasteiger partial charge in [0, 0.05) is 12.2 Å². The number of amides is 1. The SMILES string of the molecule is COC(=O)c1ccc(C(=O)OC(C)C(=O)N2CCCc3ccccc32)cc1. The van der Waals surface area contributed by atoms with E-state index >= 15 is 0 Å². The van der Waals surface area contributed by atoms with Crippen molar-refractivity contribution in [1.82, 2.24) is 0 Å². The number of hydrogen-bond acceptors (Lipinski definition) is 5. The molecular formula is C21H21NO5. The predicted octanol–water partition coefficient (Wildman–Crippen LogP) is 3.00. The first kappa shape index (κ1) is 18.6. The van der Waals surface area contributed by atoms with Crippen molar-refractivity contribution >= 4 is 23.5 Å². The molecule has 1 atom stereocenters. The van der Waals surface area contributed by atoms with Crippen molar-refractivity contribution in [3.63, 3.8) is 0 Å². The number of carbonyl (C=O) groups excluding carboxylic acids is 3. The lowest BCUT2D eigenvalue weighted by molar-refractivity contribution is -0.126. The van der Waals surface area contributed by atoms with Crippen molar-refractivity contribution in [1.29, 1.82) is 0 Å². The normalized spacial score (nSPS) is 14.1. The molecule has 0 saturated carbocycles. The third-order valence-electron chi connectivity index (χ3n) is 4.55. The number of aryl methyl sites for hydroxylation is 1. The van der Waals surface area contributed by atoms with Gasteiger partial charge in [0.15, 0.2) is 6.10 Å². The summed E-state index contributed by atoms with van der Waals surface area (Å²) in [5, 5.41) is 0. The molecule has 6 heteroatoms. The topological polar surface area (TPSA) is 72.9 Å². The average molecular weight is 367 g/mol. The molecule has 0 spiro atoms. The van der Waals surface area contributed by atoms with Gasteiger partial charge in [0.25, 0.3) is 5.91 Å². The van der Waals surface area contributed by atoms with Gasteiger partial charge in [-0.05, 0) is 55.7 Å². The Morgan fingerprint density at radius 3 is 2.26 bits per heavy atom. The predicted molar refractivity (Wildman–Crippen MR) is 99.8 cm³/mol. The van der Waals surface area contributed by atoms with Crippen LogP contribution in [0.4, 0.5) is 5.69 Å². The van der Waals surface area contributed by atoms with Crippen LogP contribution in [0.5, 0.6) is 0 Å². The van der Waals surface area contributed by atoms with Crippen LogP contribution in [0.15, 0.2) is 48.5 Å². The van der Waals surface area contributed by atoms with E-state index < -0.39 is 18.0 Å². The molecule has 1 amide bonds. The summed E-state index contributed by atoms with van der Waals surface area (Å²) in [4.78, 5) is 38.3. The van der Waals surface area contributed by atoms with Gasteiger partial charge in [-0.25, -0.2) is 9.59 Å². The minimum Gasteiger partial charge on any atom is -0.465 e. The molecule has 0 aliphatic carbocycles. The molecule has 0 aromatic heterocycles. The first-order valence-corrected chi connectivity index (χ1v) is 8.80. The average Bonchev–Trinajstić information content (AvgIpc) is 2.72. The first-order chi connectivity index (χ1) is 13.0. The van der Waals surface area contributed by atoms with Crippen LogP contribution in [0, 0.1) is 0 Å². The van der Waals surface area contributed by atoms with Gasteiger partial charge in [-0.1, -0.05) is 18.2 Å². The van der Waals surface area contributed by atoms with Crippen molar-refractivity contribution in [2.75, 3.05) is 18.6 Å². The first-order valence-electron chi connectivity index (χ1n) is 8.80. The minimum atomic E-state index is -0.913. The van der Waals surface area contributed by atoms with Gasteiger partial charge in [0.05, 0.1) is 18.2 Å². The molecule has 2 aromatic carbocycles. The van der Waals surface area contributed by atoms with Crippen molar-refractivity contribution < 1.29 is 23.9 Å². The van der Waals surface area contributed by atoms with Crippen LogP contribution in [0.3, 0.4) is 0 Å². The second-order valence-electron chi connectivity index (χ2n) is 6.34. The molecule has 1 aliphatic rings. The number of rotatable bonds is 4. The zero-order valence-electron chi connectivity index (χ0n) is 15.3. The highest BCUT2D eigenvalue weighted by molar-refractivity contribution is 6.00. The summed E-state index contributed by atoms with van der Waals surface area (Å²) in [5.74, 6) is -1.35. The van der Waals surface area contributed by atoms with Crippen molar-refractivity contribution in [3.8, 4) is 0 Å². The second-order valence-corrected chi connectivity index (χ2v) is 6.34. The summed E-state index contributed by atoms with van der Waals surface area (Å²) >= 11 is 0. The molecule has 0 bridgehead atoms. The van der Waals surface area contributed by atoms with E-state index in [-0.39, 0.29) is 11.5 Å². The standard InChI is InChI=1S/C21H21NO5/c1-14(19(23)22-13-5-7-15-6-3-4-8-18(15)22)27-21(25)17-11-9-16(10-12-17)20(24)26-2/h3-4,6,8-12,14H,5,7,13H2,1-2H3. The molecule has 140 valence electrons. The highest BCUT2D eigenvalue weighted by Crippen LogP contribution is 2.27. The maximum Gasteiger partial charge on any atom is 0.338 e. The molecule has 0 N–H and O–H groups in total. The van der Waals surface area contributed by atoms with Gasteiger partial charge >= 0.3 is 11.9 Å². The summed E-state index contributed by atoms with van der Waals surface area (Å²) in [5.41, 5.74) is 2.59. The molecule has 0 fully saturated rings. The third-order valence-corrected chi connectivity index (χ3v) is 4.55. The second kappa shape index (κ2) is 8.03. The minimum absolute atomic E-state index is 0.248. The Morgan fingerprint density at radius 2 is 1.59 bits per heavy atom. The van der Waals surface area contributed by atoms with Crippen LogP contribution in [0.25, 0.3) is 0 Å². The molecular weight excluding hydrogens is 346 g/mol. The van der Waals surface area contributed by atoms with Gasteiger partial charge < -0.3 is 14.4 Å². The summed E-state index contributed by atoms with van der Waals surface area (Å²) in [6.45, 7) is 2.17. The molecule has 0 saturated heterocycles. The summed E-state index contributed by atoms with van der Waals surface area (Å²) in [6.07, 6.45) is 0.892. The van der Waals surface area contributed by atoms with Crippen LogP contribution in [0.2, 0.25) is 0 Å². The van der Waals surface area contributed by atoms with Crippen LogP contribution in [-0.4, -0.2) is 37.6 Å². The quantitative estimate of drug-likeness (QED) is 0.777. The van der Waals surface area contributed by atoms with E-state index in [9.17, 15) is 14.4 Å². The van der Waals surface area contributed by atoms with E-state index in [1.165, 1.54) is 31.4 Å². The van der Waals surface area contributed by atoms with Crippen LogP contribution in [0.1, 0.15) is 39.6 Å². The molecule has 0 radical (unpaired) electrons. The number of hydrogen-bond donors (Lipinski definition) is 0. The summed E-state index contributed by atoms with van der Waals surface area (Å²) in [6, 6.07) is 13.7. The van der Waals surface area contributed by atoms with Crippen molar-refractivity contribution in [3.05, 3.63) is 65.2 Å². The Bertz CT molecular complexity index is 859. The summed E-state index contributed by atoms with van der Waals surface area (Å²) in [7, 11) is 1.29. The van der Waals surface area contributed by atoms with Crippen molar-refractivity contribution in [2.24, 2.45) is 0 Å². The fourth-order valence-electron chi connectivity index (χ4n) is 3.12. The molecule has 3 rings (SSSR count). The van der Waals surface area contributed by atoms with Crippen molar-refractivity contribution in [2.45, 2.75) is 25.9 Å². The Labute approximate surface area is 157 Å². The fourth-order valence-corrected chi connectivity index (χ4v) is 3.12. The van der Waals surface area contributed by atoms with Gasteiger partial charge in [0.1, 0.15) is 0 Å². The lowest BCUT2D eigenvalue weighted by Crippen LogP contribution is -2.42. The molecule has 1 aliphatic heterocycles. The number of benzene rings is 2. The lowest BCUT2D eigenvalue weighted by atomic mass is 10.0. The van der Waals surface area contributed by atoms with E-state index in [1.54, 1.807) is 11.8 Å². The van der Waals surface area contributed by atoms with Crippen LogP contribution in [-0.2, 0) is 20.7 Å². The maximum absolute atomic E-state index is 12.8. The van der Waals surface area contributed by atoms with Gasteiger partial charge in [-0.15, -0.1) is 0 Å². The number of ether oxygens (including phenoxy) is 2. The molecule has 1 heterocycles. The highest BCUT2D eigenvalue weighted by atomic mass is 16.5. The Hall–Kier alpha value is -3.15. The Morgan fingerprint density at radius 1 is 0.963 bits per heavy atom. The van der Waals surface area contributed by atoms with E-state index in [0.29, 0.717) is 12.1 Å². The number of fused-ring (bicyclic) bond motifs is 1. The van der Waals surface area contributed by atoms with Gasteiger partial charge in [-0.2, -0.15) is 0 Å². The van der Waals surface area contributed by atoms with E-state index in [1.807, 2.05) is 24.3 Å². The smallest absolute Gasteiger partial charge is 0.338 e.